The summed E-state index contributed by atoms with van der Waals surface area (Å²) in [6.07, 6.45) is 3.43. The van der Waals surface area contributed by atoms with Gasteiger partial charge in [-0.1, -0.05) is 0 Å². The first-order valence-corrected chi connectivity index (χ1v) is 7.15. The van der Waals surface area contributed by atoms with E-state index >= 15 is 0 Å². The van der Waals surface area contributed by atoms with Crippen LogP contribution in [-0.2, 0) is 16.1 Å². The number of nitrogens with two attached hydrogens (primary N) is 1. The molecule has 1 aromatic heterocycles. The third-order valence-corrected chi connectivity index (χ3v) is 3.94. The summed E-state index contributed by atoms with van der Waals surface area (Å²) < 4.78 is 6.95. The highest BCUT2D eigenvalue weighted by atomic mass is 16.5. The second-order valence-electron chi connectivity index (χ2n) is 5.42. The van der Waals surface area contributed by atoms with Crippen LogP contribution in [0.1, 0.15) is 36.7 Å². The van der Waals surface area contributed by atoms with Crippen LogP contribution in [0.5, 0.6) is 0 Å². The molecule has 1 saturated heterocycles. The van der Waals surface area contributed by atoms with E-state index in [1.165, 1.54) is 0 Å². The molecule has 1 aliphatic rings. The Morgan fingerprint density at radius 1 is 1.52 bits per heavy atom. The van der Waals surface area contributed by atoms with Crippen molar-refractivity contribution in [2.75, 3.05) is 20.3 Å². The van der Waals surface area contributed by atoms with E-state index in [9.17, 15) is 9.59 Å². The maximum Gasteiger partial charge on any atom is 0.274 e. The Labute approximate surface area is 124 Å². The number of rotatable bonds is 6. The molecule has 0 radical (unpaired) electrons. The highest BCUT2D eigenvalue weighted by Gasteiger charge is 2.45. The van der Waals surface area contributed by atoms with Gasteiger partial charge in [0.2, 0.25) is 5.91 Å². The summed E-state index contributed by atoms with van der Waals surface area (Å²) >= 11 is 0. The lowest BCUT2D eigenvalue weighted by Crippen LogP contribution is -2.52. The number of amides is 2. The predicted octanol–water partition coefficient (Wildman–Crippen LogP) is 0.400. The standard InChI is InChI=1S/C14H22N4O3/c1-3-17-8-5-11(16-17)13(20)18-7-4-6-14(18,10-21-2)9-12(15)19/h5,8H,3-4,6-7,9-10H2,1-2H3,(H2,15,19). The largest absolute Gasteiger partial charge is 0.382 e. The van der Waals surface area contributed by atoms with Crippen LogP contribution < -0.4 is 5.73 Å². The van der Waals surface area contributed by atoms with E-state index in [-0.39, 0.29) is 12.3 Å². The van der Waals surface area contributed by atoms with Crippen LogP contribution in [0.15, 0.2) is 12.3 Å². The second kappa shape index (κ2) is 6.26. The van der Waals surface area contributed by atoms with E-state index in [0.29, 0.717) is 31.8 Å². The molecule has 2 heterocycles. The molecule has 0 aromatic carbocycles. The molecule has 0 aliphatic carbocycles. The summed E-state index contributed by atoms with van der Waals surface area (Å²) in [6.45, 7) is 3.56. The minimum atomic E-state index is -0.645. The van der Waals surface area contributed by atoms with Crippen LogP contribution >= 0.6 is 0 Å². The second-order valence-corrected chi connectivity index (χ2v) is 5.42. The smallest absolute Gasteiger partial charge is 0.274 e. The highest BCUT2D eigenvalue weighted by molar-refractivity contribution is 5.93. The van der Waals surface area contributed by atoms with Crippen LogP contribution in [0.4, 0.5) is 0 Å². The van der Waals surface area contributed by atoms with Gasteiger partial charge in [0.05, 0.1) is 18.6 Å². The minimum Gasteiger partial charge on any atom is -0.382 e. The van der Waals surface area contributed by atoms with Crippen LogP contribution in [0.3, 0.4) is 0 Å². The normalized spacial score (nSPS) is 21.7. The lowest BCUT2D eigenvalue weighted by molar-refractivity contribution is -0.121. The number of ether oxygens (including phenoxy) is 1. The third-order valence-electron chi connectivity index (χ3n) is 3.94. The lowest BCUT2D eigenvalue weighted by Gasteiger charge is -2.36. The fourth-order valence-corrected chi connectivity index (χ4v) is 3.02. The van der Waals surface area contributed by atoms with Crippen molar-refractivity contribution in [1.29, 1.82) is 0 Å². The van der Waals surface area contributed by atoms with Gasteiger partial charge in [-0.3, -0.25) is 14.3 Å². The molecule has 2 rings (SSSR count). The number of hydrogen-bond acceptors (Lipinski definition) is 4. The van der Waals surface area contributed by atoms with Gasteiger partial charge < -0.3 is 15.4 Å². The molecule has 1 atom stereocenters. The number of carbonyl (C=O) groups is 2. The van der Waals surface area contributed by atoms with Gasteiger partial charge in [0.1, 0.15) is 5.69 Å². The van der Waals surface area contributed by atoms with Gasteiger partial charge in [-0.15, -0.1) is 0 Å². The first kappa shape index (κ1) is 15.5. The molecule has 7 heteroatoms. The molecule has 2 amide bonds. The maximum atomic E-state index is 12.7. The Bertz CT molecular complexity index is 528. The van der Waals surface area contributed by atoms with Crippen LogP contribution in [0.2, 0.25) is 0 Å². The number of likely N-dealkylation sites (tertiary alicyclic amines) is 1. The summed E-state index contributed by atoms with van der Waals surface area (Å²) in [7, 11) is 1.57. The van der Waals surface area contributed by atoms with Gasteiger partial charge in [-0.05, 0) is 25.8 Å². The average molecular weight is 294 g/mol. The van der Waals surface area contributed by atoms with Gasteiger partial charge >= 0.3 is 0 Å². The summed E-state index contributed by atoms with van der Waals surface area (Å²) in [5.74, 6) is -0.594. The molecule has 21 heavy (non-hydrogen) atoms. The van der Waals surface area contributed by atoms with Gasteiger partial charge in [-0.2, -0.15) is 5.10 Å². The summed E-state index contributed by atoms with van der Waals surface area (Å²) in [5.41, 5.74) is 5.11. The Morgan fingerprint density at radius 2 is 2.29 bits per heavy atom. The van der Waals surface area contributed by atoms with Gasteiger partial charge in [-0.25, -0.2) is 0 Å². The molecule has 1 aromatic rings. The number of methoxy groups -OCH3 is 1. The topological polar surface area (TPSA) is 90.5 Å². The molecular weight excluding hydrogens is 272 g/mol. The monoisotopic (exact) mass is 294 g/mol. The van der Waals surface area contributed by atoms with E-state index in [2.05, 4.69) is 5.10 Å². The minimum absolute atomic E-state index is 0.112. The summed E-state index contributed by atoms with van der Waals surface area (Å²) in [6, 6.07) is 1.70. The lowest BCUT2D eigenvalue weighted by atomic mass is 9.92. The van der Waals surface area contributed by atoms with Crippen molar-refractivity contribution in [3.8, 4) is 0 Å². The Kier molecular flexibility index (Phi) is 4.62. The third kappa shape index (κ3) is 3.07. The molecule has 0 bridgehead atoms. The molecule has 1 aliphatic heterocycles. The molecular formula is C14H22N4O3. The molecule has 2 N–H and O–H groups in total. The Balaban J connectivity index is 2.26. The molecule has 7 nitrogen and oxygen atoms in total. The predicted molar refractivity (Wildman–Crippen MR) is 76.6 cm³/mol. The van der Waals surface area contributed by atoms with E-state index in [1.807, 2.05) is 6.92 Å². The van der Waals surface area contributed by atoms with Gasteiger partial charge in [0, 0.05) is 26.4 Å². The molecule has 0 spiro atoms. The Hall–Kier alpha value is -1.89. The van der Waals surface area contributed by atoms with Crippen LogP contribution in [-0.4, -0.2) is 52.3 Å². The number of nitrogens with zero attached hydrogens (tertiary/aromatic N) is 3. The number of aromatic nitrogens is 2. The van der Waals surface area contributed by atoms with Gasteiger partial charge in [0.15, 0.2) is 0 Å². The van der Waals surface area contributed by atoms with E-state index < -0.39 is 11.4 Å². The molecule has 0 saturated carbocycles. The maximum absolute atomic E-state index is 12.7. The molecule has 1 unspecified atom stereocenters. The van der Waals surface area contributed by atoms with Crippen LogP contribution in [0, 0.1) is 0 Å². The molecule has 1 fully saturated rings. The number of hydrogen-bond donors (Lipinski definition) is 1. The number of primary amides is 1. The SMILES string of the molecule is CCn1ccc(C(=O)N2CCCC2(COC)CC(N)=O)n1. The van der Waals surface area contributed by atoms with Gasteiger partial charge in [0.25, 0.3) is 5.91 Å². The van der Waals surface area contributed by atoms with Crippen molar-refractivity contribution >= 4 is 11.8 Å². The van der Waals surface area contributed by atoms with Crippen molar-refractivity contribution in [1.82, 2.24) is 14.7 Å². The number of aryl methyl sites for hydroxylation is 1. The first-order chi connectivity index (χ1) is 10.0. The fraction of sp³-hybridized carbons (Fsp3) is 0.643. The fourth-order valence-electron chi connectivity index (χ4n) is 3.02. The van der Waals surface area contributed by atoms with Crippen molar-refractivity contribution in [3.05, 3.63) is 18.0 Å². The summed E-state index contributed by atoms with van der Waals surface area (Å²) in [5, 5.41) is 4.25. The molecule has 116 valence electrons. The zero-order valence-corrected chi connectivity index (χ0v) is 12.5. The summed E-state index contributed by atoms with van der Waals surface area (Å²) in [4.78, 5) is 25.8. The Morgan fingerprint density at radius 3 is 2.86 bits per heavy atom. The van der Waals surface area contributed by atoms with Crippen LogP contribution in [0.25, 0.3) is 0 Å². The number of carbonyl (C=O) groups excluding carboxylic acids is 2. The van der Waals surface area contributed by atoms with Crippen molar-refractivity contribution < 1.29 is 14.3 Å². The van der Waals surface area contributed by atoms with Crippen molar-refractivity contribution in [2.24, 2.45) is 5.73 Å². The zero-order valence-electron chi connectivity index (χ0n) is 12.5. The van der Waals surface area contributed by atoms with E-state index in [0.717, 1.165) is 6.42 Å². The van der Waals surface area contributed by atoms with Crippen molar-refractivity contribution in [2.45, 2.75) is 38.3 Å². The van der Waals surface area contributed by atoms with E-state index in [4.69, 9.17) is 10.5 Å². The first-order valence-electron chi connectivity index (χ1n) is 7.15. The van der Waals surface area contributed by atoms with Crippen molar-refractivity contribution in [3.63, 3.8) is 0 Å². The zero-order chi connectivity index (χ0) is 15.5. The quantitative estimate of drug-likeness (QED) is 0.822. The highest BCUT2D eigenvalue weighted by Crippen LogP contribution is 2.33. The van der Waals surface area contributed by atoms with E-state index in [1.54, 1.807) is 29.0 Å². The average Bonchev–Trinajstić information content (AvgIpc) is 3.04.